The average Bonchev–Trinajstić information content (AvgIpc) is 2.83. The van der Waals surface area contributed by atoms with Crippen molar-refractivity contribution in [2.24, 2.45) is 0 Å². The van der Waals surface area contributed by atoms with Gasteiger partial charge in [0.1, 0.15) is 0 Å². The Hall–Kier alpha value is -2.62. The molecule has 2 aromatic heterocycles. The van der Waals surface area contributed by atoms with Gasteiger partial charge in [0.2, 0.25) is 0 Å². The van der Waals surface area contributed by atoms with E-state index >= 15 is 0 Å². The lowest BCUT2D eigenvalue weighted by molar-refractivity contribution is 0.782. The molecule has 2 rings (SSSR count). The van der Waals surface area contributed by atoms with Gasteiger partial charge < -0.3 is 4.98 Å². The Morgan fingerprint density at radius 3 is 2.64 bits per heavy atom. The summed E-state index contributed by atoms with van der Waals surface area (Å²) in [5.41, 5.74) is 4.21. The summed E-state index contributed by atoms with van der Waals surface area (Å²) in [5.74, 6) is 0. The van der Waals surface area contributed by atoms with Crippen molar-refractivity contribution in [1.29, 1.82) is 0 Å². The monoisotopic (exact) mass is 295 g/mol. The van der Waals surface area contributed by atoms with Gasteiger partial charge in [-0.1, -0.05) is 51.3 Å². The van der Waals surface area contributed by atoms with Crippen LogP contribution >= 0.6 is 0 Å². The minimum Gasteiger partial charge on any atom is -0.304 e. The lowest BCUT2D eigenvalue weighted by atomic mass is 10.1. The second-order valence-corrected chi connectivity index (χ2v) is 5.05. The van der Waals surface area contributed by atoms with Crippen LogP contribution in [-0.2, 0) is 13.0 Å². The van der Waals surface area contributed by atoms with Gasteiger partial charge in [-0.05, 0) is 23.6 Å². The zero-order valence-corrected chi connectivity index (χ0v) is 12.9. The number of nitrogens with zero attached hydrogens (tertiary/aromatic N) is 2. The van der Waals surface area contributed by atoms with Crippen LogP contribution < -0.4 is 5.69 Å². The van der Waals surface area contributed by atoms with Crippen LogP contribution in [0.1, 0.15) is 19.0 Å². The standard InChI is InChI=1S/C18H21N3O/c1-5-9-15-10-17-16(11-19-15)20-18(22)21(17)12-14(8-4)13(6-2)7-3/h6-8,10-11H,2-5,9,12H2,1H3,(H,20,22). The minimum atomic E-state index is -0.155. The summed E-state index contributed by atoms with van der Waals surface area (Å²) < 4.78 is 1.69. The Labute approximate surface area is 130 Å². The van der Waals surface area contributed by atoms with E-state index in [1.54, 1.807) is 29.0 Å². The number of hydrogen-bond acceptors (Lipinski definition) is 2. The molecule has 114 valence electrons. The van der Waals surface area contributed by atoms with Crippen LogP contribution in [0.3, 0.4) is 0 Å². The van der Waals surface area contributed by atoms with Crippen molar-refractivity contribution in [2.75, 3.05) is 0 Å². The SMILES string of the molecule is C=CC(C=C)=C(C=C)Cn1c(=O)[nH]c2cnc(CCC)cc21. The highest BCUT2D eigenvalue weighted by molar-refractivity contribution is 5.74. The summed E-state index contributed by atoms with van der Waals surface area (Å²) in [6.07, 6.45) is 8.80. The molecule has 0 spiro atoms. The maximum atomic E-state index is 12.2. The van der Waals surface area contributed by atoms with E-state index in [1.807, 2.05) is 6.07 Å². The maximum Gasteiger partial charge on any atom is 0.326 e. The topological polar surface area (TPSA) is 50.7 Å². The molecule has 4 heteroatoms. The number of allylic oxidation sites excluding steroid dienone is 5. The lowest BCUT2D eigenvalue weighted by Gasteiger charge is -2.08. The smallest absolute Gasteiger partial charge is 0.304 e. The van der Waals surface area contributed by atoms with E-state index in [0.717, 1.165) is 40.7 Å². The van der Waals surface area contributed by atoms with Crippen LogP contribution in [0.25, 0.3) is 11.0 Å². The van der Waals surface area contributed by atoms with Crippen molar-refractivity contribution in [3.63, 3.8) is 0 Å². The van der Waals surface area contributed by atoms with Gasteiger partial charge in [-0.3, -0.25) is 9.55 Å². The first kappa shape index (κ1) is 15.8. The van der Waals surface area contributed by atoms with Crippen molar-refractivity contribution in [2.45, 2.75) is 26.3 Å². The largest absolute Gasteiger partial charge is 0.326 e. The van der Waals surface area contributed by atoms with Crippen LogP contribution in [0.4, 0.5) is 0 Å². The third-order valence-electron chi connectivity index (χ3n) is 3.61. The van der Waals surface area contributed by atoms with E-state index in [9.17, 15) is 4.79 Å². The molecule has 4 nitrogen and oxygen atoms in total. The van der Waals surface area contributed by atoms with Crippen LogP contribution in [0.2, 0.25) is 0 Å². The predicted molar refractivity (Wildman–Crippen MR) is 92.0 cm³/mol. The van der Waals surface area contributed by atoms with Crippen LogP contribution in [-0.4, -0.2) is 14.5 Å². The molecule has 22 heavy (non-hydrogen) atoms. The summed E-state index contributed by atoms with van der Waals surface area (Å²) in [4.78, 5) is 19.4. The molecule has 0 amide bonds. The molecule has 0 aliphatic rings. The van der Waals surface area contributed by atoms with Gasteiger partial charge in [-0.2, -0.15) is 0 Å². The number of imidazole rings is 1. The van der Waals surface area contributed by atoms with Crippen molar-refractivity contribution >= 4 is 11.0 Å². The third kappa shape index (κ3) is 3.01. The summed E-state index contributed by atoms with van der Waals surface area (Å²) in [6.45, 7) is 13.9. The zero-order valence-electron chi connectivity index (χ0n) is 12.9. The predicted octanol–water partition coefficient (Wildman–Crippen LogP) is 3.53. The quantitative estimate of drug-likeness (QED) is 0.794. The first-order valence-corrected chi connectivity index (χ1v) is 7.32. The van der Waals surface area contributed by atoms with Gasteiger partial charge in [0.05, 0.1) is 23.8 Å². The normalized spacial score (nSPS) is 10.4. The number of H-pyrrole nitrogens is 1. The fourth-order valence-corrected chi connectivity index (χ4v) is 2.44. The number of aromatic nitrogens is 3. The zero-order chi connectivity index (χ0) is 16.1. The number of aryl methyl sites for hydroxylation is 1. The molecule has 2 heterocycles. The summed E-state index contributed by atoms with van der Waals surface area (Å²) >= 11 is 0. The highest BCUT2D eigenvalue weighted by Crippen LogP contribution is 2.16. The van der Waals surface area contributed by atoms with Crippen LogP contribution in [0.15, 0.2) is 66.2 Å². The Balaban J connectivity index is 2.56. The highest BCUT2D eigenvalue weighted by atomic mass is 16.1. The highest BCUT2D eigenvalue weighted by Gasteiger charge is 2.10. The molecular weight excluding hydrogens is 274 g/mol. The second kappa shape index (κ2) is 6.89. The first-order valence-electron chi connectivity index (χ1n) is 7.32. The average molecular weight is 295 g/mol. The van der Waals surface area contributed by atoms with Crippen molar-refractivity contribution in [3.05, 3.63) is 77.6 Å². The number of aromatic amines is 1. The fraction of sp³-hybridized carbons (Fsp3) is 0.222. The molecule has 0 aliphatic carbocycles. The molecule has 0 atom stereocenters. The van der Waals surface area contributed by atoms with E-state index in [0.29, 0.717) is 6.54 Å². The Morgan fingerprint density at radius 2 is 2.05 bits per heavy atom. The van der Waals surface area contributed by atoms with Gasteiger partial charge in [-0.15, -0.1) is 0 Å². The van der Waals surface area contributed by atoms with Crippen molar-refractivity contribution < 1.29 is 0 Å². The van der Waals surface area contributed by atoms with Crippen LogP contribution in [0.5, 0.6) is 0 Å². The fourth-order valence-electron chi connectivity index (χ4n) is 2.44. The van der Waals surface area contributed by atoms with Crippen molar-refractivity contribution in [1.82, 2.24) is 14.5 Å². The van der Waals surface area contributed by atoms with Gasteiger partial charge in [-0.25, -0.2) is 4.79 Å². The third-order valence-corrected chi connectivity index (χ3v) is 3.61. The molecule has 0 bridgehead atoms. The molecule has 0 saturated carbocycles. The first-order chi connectivity index (χ1) is 10.6. The summed E-state index contributed by atoms with van der Waals surface area (Å²) in [6, 6.07) is 1.97. The number of pyridine rings is 1. The van der Waals surface area contributed by atoms with E-state index in [1.165, 1.54) is 0 Å². The Bertz CT molecular complexity index is 795. The minimum absolute atomic E-state index is 0.155. The van der Waals surface area contributed by atoms with E-state index < -0.39 is 0 Å². The van der Waals surface area contributed by atoms with E-state index in [-0.39, 0.29) is 5.69 Å². The summed E-state index contributed by atoms with van der Waals surface area (Å²) in [5, 5.41) is 0. The molecular formula is C18H21N3O. The van der Waals surface area contributed by atoms with Crippen LogP contribution in [0, 0.1) is 0 Å². The molecule has 0 radical (unpaired) electrons. The molecule has 2 aromatic rings. The molecule has 0 aromatic carbocycles. The lowest BCUT2D eigenvalue weighted by Crippen LogP contribution is -2.18. The number of fused-ring (bicyclic) bond motifs is 1. The number of rotatable bonds is 7. The second-order valence-electron chi connectivity index (χ2n) is 5.05. The number of hydrogen-bond donors (Lipinski definition) is 1. The Kier molecular flexibility index (Phi) is 4.94. The summed E-state index contributed by atoms with van der Waals surface area (Å²) in [7, 11) is 0. The maximum absolute atomic E-state index is 12.2. The molecule has 1 N–H and O–H groups in total. The van der Waals surface area contributed by atoms with E-state index in [4.69, 9.17) is 0 Å². The van der Waals surface area contributed by atoms with Gasteiger partial charge in [0.25, 0.3) is 0 Å². The van der Waals surface area contributed by atoms with Gasteiger partial charge >= 0.3 is 5.69 Å². The van der Waals surface area contributed by atoms with Crippen molar-refractivity contribution in [3.8, 4) is 0 Å². The Morgan fingerprint density at radius 1 is 1.32 bits per heavy atom. The number of nitrogens with one attached hydrogen (secondary N) is 1. The van der Waals surface area contributed by atoms with Gasteiger partial charge in [0, 0.05) is 5.69 Å². The molecule has 0 saturated heterocycles. The van der Waals surface area contributed by atoms with E-state index in [2.05, 4.69) is 36.6 Å². The molecule has 0 fully saturated rings. The van der Waals surface area contributed by atoms with Gasteiger partial charge in [0.15, 0.2) is 0 Å². The molecule has 0 unspecified atom stereocenters. The molecule has 0 aliphatic heterocycles.